The fourth-order valence-corrected chi connectivity index (χ4v) is 1.77. The maximum atomic E-state index is 11.6. The van der Waals surface area contributed by atoms with Gasteiger partial charge in [0.2, 0.25) is 5.91 Å². The normalized spacial score (nSPS) is 19.6. The molecule has 1 aromatic rings. The highest BCUT2D eigenvalue weighted by Crippen LogP contribution is 2.17. The minimum Gasteiger partial charge on any atom is -0.508 e. The first-order valence-electron chi connectivity index (χ1n) is 5.44. The van der Waals surface area contributed by atoms with Gasteiger partial charge in [-0.15, -0.1) is 0 Å². The minimum absolute atomic E-state index is 0.0439. The van der Waals surface area contributed by atoms with Crippen LogP contribution >= 0.6 is 0 Å². The van der Waals surface area contributed by atoms with Crippen LogP contribution in [-0.2, 0) is 9.53 Å². The zero-order valence-electron chi connectivity index (χ0n) is 8.98. The summed E-state index contributed by atoms with van der Waals surface area (Å²) in [6.45, 7) is 0.761. The van der Waals surface area contributed by atoms with Crippen LogP contribution in [0.5, 0.6) is 5.75 Å². The van der Waals surface area contributed by atoms with Gasteiger partial charge in [-0.2, -0.15) is 0 Å². The van der Waals surface area contributed by atoms with Crippen molar-refractivity contribution < 1.29 is 14.6 Å². The van der Waals surface area contributed by atoms with Gasteiger partial charge >= 0.3 is 0 Å². The molecule has 2 rings (SSSR count). The van der Waals surface area contributed by atoms with Crippen LogP contribution < -0.4 is 5.32 Å². The topological polar surface area (TPSA) is 58.6 Å². The number of rotatable bonds is 3. The Hall–Kier alpha value is -1.55. The van der Waals surface area contributed by atoms with Gasteiger partial charge < -0.3 is 15.2 Å². The average Bonchev–Trinajstić information content (AvgIpc) is 2.74. The monoisotopic (exact) mass is 221 g/mol. The number of aromatic hydroxyl groups is 1. The van der Waals surface area contributed by atoms with E-state index in [1.54, 1.807) is 24.3 Å². The van der Waals surface area contributed by atoms with Crippen LogP contribution in [0.25, 0.3) is 0 Å². The Bertz CT molecular complexity index is 355. The van der Waals surface area contributed by atoms with Crippen LogP contribution in [0.15, 0.2) is 24.3 Å². The number of ether oxygens (including phenoxy) is 1. The summed E-state index contributed by atoms with van der Waals surface area (Å²) in [5, 5.41) is 11.9. The number of nitrogens with one attached hydrogen (secondary N) is 1. The molecule has 1 aliphatic heterocycles. The van der Waals surface area contributed by atoms with Crippen LogP contribution in [0.1, 0.15) is 19.3 Å². The first kappa shape index (κ1) is 11.0. The Morgan fingerprint density at radius 3 is 2.81 bits per heavy atom. The quantitative estimate of drug-likeness (QED) is 0.766. The Labute approximate surface area is 94.2 Å². The average molecular weight is 221 g/mol. The molecule has 0 spiro atoms. The van der Waals surface area contributed by atoms with Crippen molar-refractivity contribution in [3.8, 4) is 5.75 Å². The zero-order chi connectivity index (χ0) is 11.4. The lowest BCUT2D eigenvalue weighted by Gasteiger charge is -2.09. The summed E-state index contributed by atoms with van der Waals surface area (Å²) in [7, 11) is 0. The van der Waals surface area contributed by atoms with E-state index in [2.05, 4.69) is 5.32 Å². The molecule has 1 fully saturated rings. The van der Waals surface area contributed by atoms with Gasteiger partial charge in [0.25, 0.3) is 0 Å². The molecule has 0 radical (unpaired) electrons. The van der Waals surface area contributed by atoms with Gasteiger partial charge in [-0.1, -0.05) is 0 Å². The van der Waals surface area contributed by atoms with Crippen LogP contribution in [0.2, 0.25) is 0 Å². The molecule has 1 amide bonds. The van der Waals surface area contributed by atoms with Crippen LogP contribution in [0, 0.1) is 0 Å². The summed E-state index contributed by atoms with van der Waals surface area (Å²) < 4.78 is 5.38. The number of phenolic OH excluding ortho intramolecular Hbond substituents is 1. The molecule has 4 heteroatoms. The second-order valence-corrected chi connectivity index (χ2v) is 3.93. The van der Waals surface area contributed by atoms with E-state index in [1.807, 2.05) is 0 Å². The number of carbonyl (C=O) groups is 1. The maximum absolute atomic E-state index is 11.6. The van der Waals surface area contributed by atoms with Crippen molar-refractivity contribution in [3.05, 3.63) is 24.3 Å². The molecule has 4 nitrogen and oxygen atoms in total. The summed E-state index contributed by atoms with van der Waals surface area (Å²) in [5.74, 6) is 0.148. The number of hydrogen-bond donors (Lipinski definition) is 2. The van der Waals surface area contributed by atoms with Gasteiger partial charge in [0.1, 0.15) is 5.75 Å². The third kappa shape index (κ3) is 2.97. The lowest BCUT2D eigenvalue weighted by atomic mass is 10.2. The predicted molar refractivity (Wildman–Crippen MR) is 60.3 cm³/mol. The van der Waals surface area contributed by atoms with Crippen molar-refractivity contribution in [3.63, 3.8) is 0 Å². The smallest absolute Gasteiger partial charge is 0.226 e. The Morgan fingerprint density at radius 2 is 2.19 bits per heavy atom. The number of phenols is 1. The number of hydrogen-bond acceptors (Lipinski definition) is 3. The number of amides is 1. The van der Waals surface area contributed by atoms with E-state index in [0.29, 0.717) is 12.1 Å². The molecule has 0 aromatic heterocycles. The van der Waals surface area contributed by atoms with Gasteiger partial charge in [-0.05, 0) is 37.1 Å². The molecule has 1 aromatic carbocycles. The highest BCUT2D eigenvalue weighted by Gasteiger charge is 2.18. The van der Waals surface area contributed by atoms with Gasteiger partial charge in [0, 0.05) is 12.3 Å². The molecule has 1 aliphatic rings. The third-order valence-electron chi connectivity index (χ3n) is 2.59. The van der Waals surface area contributed by atoms with E-state index in [0.717, 1.165) is 19.4 Å². The summed E-state index contributed by atoms with van der Waals surface area (Å²) in [4.78, 5) is 11.6. The summed E-state index contributed by atoms with van der Waals surface area (Å²) >= 11 is 0. The van der Waals surface area contributed by atoms with E-state index in [-0.39, 0.29) is 17.8 Å². The molecular formula is C12H15NO3. The fourth-order valence-electron chi connectivity index (χ4n) is 1.77. The summed E-state index contributed by atoms with van der Waals surface area (Å²) in [6.07, 6.45) is 2.47. The van der Waals surface area contributed by atoms with Crippen molar-refractivity contribution in [2.75, 3.05) is 11.9 Å². The van der Waals surface area contributed by atoms with Crippen LogP contribution in [-0.4, -0.2) is 23.7 Å². The Balaban J connectivity index is 1.84. The van der Waals surface area contributed by atoms with E-state index in [9.17, 15) is 4.79 Å². The molecule has 1 saturated heterocycles. The molecule has 2 N–H and O–H groups in total. The van der Waals surface area contributed by atoms with Crippen molar-refractivity contribution in [2.45, 2.75) is 25.4 Å². The Kier molecular flexibility index (Phi) is 3.41. The largest absolute Gasteiger partial charge is 0.508 e. The minimum atomic E-state index is -0.0439. The molecule has 16 heavy (non-hydrogen) atoms. The zero-order valence-corrected chi connectivity index (χ0v) is 8.98. The van der Waals surface area contributed by atoms with E-state index >= 15 is 0 Å². The Morgan fingerprint density at radius 1 is 1.44 bits per heavy atom. The molecule has 1 atom stereocenters. The highest BCUT2D eigenvalue weighted by atomic mass is 16.5. The van der Waals surface area contributed by atoms with Crippen molar-refractivity contribution in [1.82, 2.24) is 0 Å². The van der Waals surface area contributed by atoms with Crippen LogP contribution in [0.4, 0.5) is 5.69 Å². The van der Waals surface area contributed by atoms with Gasteiger partial charge in [-0.3, -0.25) is 4.79 Å². The predicted octanol–water partition coefficient (Wildman–Crippen LogP) is 1.90. The van der Waals surface area contributed by atoms with Crippen molar-refractivity contribution in [2.24, 2.45) is 0 Å². The molecule has 0 aliphatic carbocycles. The van der Waals surface area contributed by atoms with Crippen molar-refractivity contribution in [1.29, 1.82) is 0 Å². The summed E-state index contributed by atoms with van der Waals surface area (Å²) in [5.41, 5.74) is 0.695. The third-order valence-corrected chi connectivity index (χ3v) is 2.59. The number of carbonyl (C=O) groups excluding carboxylic acids is 1. The molecule has 1 heterocycles. The van der Waals surface area contributed by atoms with Crippen LogP contribution in [0.3, 0.4) is 0 Å². The van der Waals surface area contributed by atoms with E-state index < -0.39 is 0 Å². The van der Waals surface area contributed by atoms with Gasteiger partial charge in [-0.25, -0.2) is 0 Å². The van der Waals surface area contributed by atoms with Gasteiger partial charge in [0.05, 0.1) is 12.5 Å². The molecule has 86 valence electrons. The SMILES string of the molecule is O=C(CC1CCCO1)Nc1ccc(O)cc1. The molecule has 0 bridgehead atoms. The first-order valence-corrected chi connectivity index (χ1v) is 5.44. The number of anilines is 1. The summed E-state index contributed by atoms with van der Waals surface area (Å²) in [6, 6.07) is 6.43. The van der Waals surface area contributed by atoms with E-state index in [1.165, 1.54) is 0 Å². The molecule has 1 unspecified atom stereocenters. The fraction of sp³-hybridized carbons (Fsp3) is 0.417. The van der Waals surface area contributed by atoms with Gasteiger partial charge in [0.15, 0.2) is 0 Å². The first-order chi connectivity index (χ1) is 7.74. The maximum Gasteiger partial charge on any atom is 0.226 e. The second kappa shape index (κ2) is 4.99. The lowest BCUT2D eigenvalue weighted by Crippen LogP contribution is -2.19. The highest BCUT2D eigenvalue weighted by molar-refractivity contribution is 5.91. The van der Waals surface area contributed by atoms with Crippen molar-refractivity contribution >= 4 is 11.6 Å². The molecular weight excluding hydrogens is 206 g/mol. The number of benzene rings is 1. The van der Waals surface area contributed by atoms with E-state index in [4.69, 9.17) is 9.84 Å². The second-order valence-electron chi connectivity index (χ2n) is 3.93. The molecule has 0 saturated carbocycles. The lowest BCUT2D eigenvalue weighted by molar-refractivity contribution is -0.118. The standard InChI is InChI=1S/C12H15NO3/c14-10-5-3-9(4-6-10)13-12(15)8-11-2-1-7-16-11/h3-6,11,14H,1-2,7-8H2,(H,13,15).